The smallest absolute Gasteiger partial charge is 0.145 e. The fourth-order valence-electron chi connectivity index (χ4n) is 2.36. The van der Waals surface area contributed by atoms with Crippen LogP contribution < -0.4 is 5.32 Å². The topological polar surface area (TPSA) is 12.0 Å². The number of rotatable bonds is 1. The number of allylic oxidation sites excluding steroid dienone is 1. The lowest BCUT2D eigenvalue weighted by Crippen LogP contribution is -2.28. The van der Waals surface area contributed by atoms with E-state index in [0.717, 1.165) is 25.0 Å². The minimum absolute atomic E-state index is 0.541. The van der Waals surface area contributed by atoms with Crippen LogP contribution in [0.4, 0.5) is 4.39 Å². The lowest BCUT2D eigenvalue weighted by atomic mass is 9.91. The average Bonchev–Trinajstić information content (AvgIpc) is 2.44. The van der Waals surface area contributed by atoms with E-state index in [0.29, 0.717) is 13.0 Å². The summed E-state index contributed by atoms with van der Waals surface area (Å²) < 4.78 is 14.2. The van der Waals surface area contributed by atoms with Gasteiger partial charge in [0.05, 0.1) is 0 Å². The van der Waals surface area contributed by atoms with Gasteiger partial charge in [0, 0.05) is 6.54 Å². The zero-order chi connectivity index (χ0) is 9.15. The van der Waals surface area contributed by atoms with Gasteiger partial charge in [-0.15, -0.1) is 0 Å². The normalized spacial score (nSPS) is 35.6. The van der Waals surface area contributed by atoms with E-state index in [1.165, 1.54) is 19.3 Å². The highest BCUT2D eigenvalue weighted by Gasteiger charge is 2.36. The third-order valence-corrected chi connectivity index (χ3v) is 3.22. The van der Waals surface area contributed by atoms with Gasteiger partial charge in [-0.25, -0.2) is 4.39 Å². The van der Waals surface area contributed by atoms with Crippen molar-refractivity contribution in [3.63, 3.8) is 0 Å². The van der Waals surface area contributed by atoms with E-state index in [2.05, 4.69) is 11.4 Å². The Morgan fingerprint density at radius 3 is 3.00 bits per heavy atom. The van der Waals surface area contributed by atoms with Crippen LogP contribution in [-0.2, 0) is 0 Å². The highest BCUT2D eigenvalue weighted by atomic mass is 19.1. The van der Waals surface area contributed by atoms with Crippen LogP contribution >= 0.6 is 0 Å². The number of hydrogen-bond donors (Lipinski definition) is 1. The minimum atomic E-state index is -0.996. The fraction of sp³-hybridized carbons (Fsp3) is 0.818. The van der Waals surface area contributed by atoms with Crippen molar-refractivity contribution in [2.24, 2.45) is 0 Å². The molecule has 1 fully saturated rings. The zero-order valence-corrected chi connectivity index (χ0v) is 8.11. The molecular weight excluding hydrogens is 165 g/mol. The molecule has 0 aromatic heterocycles. The second-order valence-electron chi connectivity index (χ2n) is 4.22. The molecule has 2 rings (SSSR count). The van der Waals surface area contributed by atoms with Crippen LogP contribution in [0.1, 0.15) is 38.5 Å². The molecule has 0 aromatic carbocycles. The third-order valence-electron chi connectivity index (χ3n) is 3.22. The Hall–Kier alpha value is -0.370. The summed E-state index contributed by atoms with van der Waals surface area (Å²) in [6, 6.07) is 0. The summed E-state index contributed by atoms with van der Waals surface area (Å²) in [6.45, 7) is 1.38. The molecule has 2 heteroatoms. The highest BCUT2D eigenvalue weighted by Crippen LogP contribution is 2.34. The van der Waals surface area contributed by atoms with E-state index in [4.69, 9.17) is 0 Å². The first-order valence-corrected chi connectivity index (χ1v) is 5.40. The molecule has 0 saturated carbocycles. The van der Waals surface area contributed by atoms with Crippen LogP contribution in [0, 0.1) is 0 Å². The molecule has 1 heterocycles. The Morgan fingerprint density at radius 2 is 2.23 bits per heavy atom. The van der Waals surface area contributed by atoms with Crippen molar-refractivity contribution in [3.8, 4) is 0 Å². The highest BCUT2D eigenvalue weighted by molar-refractivity contribution is 5.20. The predicted molar refractivity (Wildman–Crippen MR) is 52.5 cm³/mol. The number of nitrogens with one attached hydrogen (secondary N) is 1. The standard InChI is InChI=1S/C11H18FN/c12-11(7-8-13-9-11)10-5-3-1-2-4-6-10/h5,13H,1-4,6-9H2. The van der Waals surface area contributed by atoms with Crippen molar-refractivity contribution in [3.05, 3.63) is 11.6 Å². The van der Waals surface area contributed by atoms with Gasteiger partial charge in [0.1, 0.15) is 5.67 Å². The van der Waals surface area contributed by atoms with E-state index in [1.807, 2.05) is 0 Å². The summed E-state index contributed by atoms with van der Waals surface area (Å²) in [4.78, 5) is 0. The van der Waals surface area contributed by atoms with E-state index < -0.39 is 5.67 Å². The molecule has 1 nitrogen and oxygen atoms in total. The Balaban J connectivity index is 2.08. The number of halogens is 1. The number of alkyl halides is 1. The van der Waals surface area contributed by atoms with Crippen LogP contribution in [0.2, 0.25) is 0 Å². The second kappa shape index (κ2) is 3.79. The van der Waals surface area contributed by atoms with Crippen LogP contribution in [0.3, 0.4) is 0 Å². The molecule has 1 aliphatic heterocycles. The van der Waals surface area contributed by atoms with Crippen molar-refractivity contribution >= 4 is 0 Å². The quantitative estimate of drug-likeness (QED) is 0.616. The van der Waals surface area contributed by atoms with Gasteiger partial charge >= 0.3 is 0 Å². The largest absolute Gasteiger partial charge is 0.313 e. The third kappa shape index (κ3) is 1.93. The lowest BCUT2D eigenvalue weighted by Gasteiger charge is -2.21. The molecule has 1 unspecified atom stereocenters. The molecule has 1 N–H and O–H groups in total. The monoisotopic (exact) mass is 183 g/mol. The molecule has 0 amide bonds. The van der Waals surface area contributed by atoms with Crippen molar-refractivity contribution in [1.29, 1.82) is 0 Å². The van der Waals surface area contributed by atoms with E-state index in [-0.39, 0.29) is 0 Å². The minimum Gasteiger partial charge on any atom is -0.313 e. The Bertz CT molecular complexity index is 204. The summed E-state index contributed by atoms with van der Waals surface area (Å²) in [5.41, 5.74) is 0.0830. The van der Waals surface area contributed by atoms with Gasteiger partial charge in [-0.05, 0) is 44.2 Å². The Kier molecular flexibility index (Phi) is 2.68. The maximum atomic E-state index is 14.2. The Morgan fingerprint density at radius 1 is 1.31 bits per heavy atom. The first kappa shape index (κ1) is 9.20. The Labute approximate surface area is 79.4 Å². The summed E-state index contributed by atoms with van der Waals surface area (Å²) in [5.74, 6) is 0. The molecule has 1 atom stereocenters. The summed E-state index contributed by atoms with van der Waals surface area (Å²) in [6.07, 6.45) is 8.59. The second-order valence-corrected chi connectivity index (χ2v) is 4.22. The van der Waals surface area contributed by atoms with Crippen LogP contribution in [-0.4, -0.2) is 18.8 Å². The predicted octanol–water partition coefficient (Wildman–Crippen LogP) is 2.58. The first-order chi connectivity index (χ1) is 6.31. The van der Waals surface area contributed by atoms with Gasteiger partial charge in [0.15, 0.2) is 0 Å². The number of hydrogen-bond acceptors (Lipinski definition) is 1. The van der Waals surface area contributed by atoms with E-state index in [1.54, 1.807) is 0 Å². The first-order valence-electron chi connectivity index (χ1n) is 5.40. The van der Waals surface area contributed by atoms with E-state index in [9.17, 15) is 4.39 Å². The van der Waals surface area contributed by atoms with Crippen molar-refractivity contribution in [2.45, 2.75) is 44.2 Å². The van der Waals surface area contributed by atoms with Gasteiger partial charge in [-0.3, -0.25) is 0 Å². The van der Waals surface area contributed by atoms with Crippen LogP contribution in [0.15, 0.2) is 11.6 Å². The summed E-state index contributed by atoms with van der Waals surface area (Å²) in [7, 11) is 0. The molecular formula is C11H18FN. The summed E-state index contributed by atoms with van der Waals surface area (Å²) >= 11 is 0. The van der Waals surface area contributed by atoms with Crippen molar-refractivity contribution < 1.29 is 4.39 Å². The molecule has 2 aliphatic rings. The molecule has 0 aromatic rings. The fourth-order valence-corrected chi connectivity index (χ4v) is 2.36. The van der Waals surface area contributed by atoms with Crippen LogP contribution in [0.25, 0.3) is 0 Å². The van der Waals surface area contributed by atoms with Gasteiger partial charge in [0.2, 0.25) is 0 Å². The van der Waals surface area contributed by atoms with Gasteiger partial charge in [-0.2, -0.15) is 0 Å². The zero-order valence-electron chi connectivity index (χ0n) is 8.11. The summed E-state index contributed by atoms with van der Waals surface area (Å²) in [5, 5.41) is 3.11. The molecule has 0 radical (unpaired) electrons. The molecule has 13 heavy (non-hydrogen) atoms. The van der Waals surface area contributed by atoms with Crippen molar-refractivity contribution in [1.82, 2.24) is 5.32 Å². The van der Waals surface area contributed by atoms with Crippen molar-refractivity contribution in [2.75, 3.05) is 13.1 Å². The molecule has 0 bridgehead atoms. The maximum Gasteiger partial charge on any atom is 0.145 e. The molecule has 1 saturated heterocycles. The molecule has 1 aliphatic carbocycles. The molecule has 74 valence electrons. The molecule has 0 spiro atoms. The lowest BCUT2D eigenvalue weighted by molar-refractivity contribution is 0.233. The van der Waals surface area contributed by atoms with Crippen LogP contribution in [0.5, 0.6) is 0 Å². The van der Waals surface area contributed by atoms with E-state index >= 15 is 0 Å². The van der Waals surface area contributed by atoms with Gasteiger partial charge in [0.25, 0.3) is 0 Å². The maximum absolute atomic E-state index is 14.2. The van der Waals surface area contributed by atoms with Gasteiger partial charge < -0.3 is 5.32 Å². The average molecular weight is 183 g/mol. The van der Waals surface area contributed by atoms with Gasteiger partial charge in [-0.1, -0.05) is 12.5 Å². The SMILES string of the molecule is FC1(C2=CCCCCC2)CCNC1.